The van der Waals surface area contributed by atoms with Gasteiger partial charge in [0.15, 0.2) is 0 Å². The minimum Gasteiger partial charge on any atom is -0.485 e. The molecule has 0 spiro atoms. The van der Waals surface area contributed by atoms with Crippen LogP contribution in [0.3, 0.4) is 0 Å². The predicted octanol–water partition coefficient (Wildman–Crippen LogP) is 2.09. The molecule has 2 rings (SSSR count). The van der Waals surface area contributed by atoms with E-state index in [9.17, 15) is 9.50 Å². The maximum absolute atomic E-state index is 13.0. The molecule has 0 saturated heterocycles. The van der Waals surface area contributed by atoms with Gasteiger partial charge >= 0.3 is 0 Å². The molecule has 1 aliphatic rings. The molecule has 0 amide bonds. The fourth-order valence-electron chi connectivity index (χ4n) is 1.99. The Bertz CT molecular complexity index is 370. The second-order valence-corrected chi connectivity index (χ2v) is 4.19. The third-order valence-electron chi connectivity index (χ3n) is 2.92. The van der Waals surface area contributed by atoms with Gasteiger partial charge in [-0.2, -0.15) is 0 Å². The van der Waals surface area contributed by atoms with Crippen LogP contribution in [0.2, 0.25) is 0 Å². The van der Waals surface area contributed by atoms with Crippen LogP contribution in [-0.4, -0.2) is 17.3 Å². The van der Waals surface area contributed by atoms with E-state index in [0.29, 0.717) is 11.4 Å². The minimum atomic E-state index is -0.476. The summed E-state index contributed by atoms with van der Waals surface area (Å²) in [5.74, 6) is -0.0551. The lowest BCUT2D eigenvalue weighted by atomic mass is 9.95. The summed E-state index contributed by atoms with van der Waals surface area (Å²) in [6.07, 6.45) is 2.82. The van der Waals surface area contributed by atoms with Crippen LogP contribution in [0.15, 0.2) is 18.2 Å². The second-order valence-electron chi connectivity index (χ2n) is 4.19. The van der Waals surface area contributed by atoms with Gasteiger partial charge < -0.3 is 15.6 Å². The van der Waals surface area contributed by atoms with Crippen molar-refractivity contribution in [3.8, 4) is 5.75 Å². The van der Waals surface area contributed by atoms with Crippen molar-refractivity contribution in [2.45, 2.75) is 37.9 Å². The number of anilines is 1. The summed E-state index contributed by atoms with van der Waals surface area (Å²) < 4.78 is 18.6. The lowest BCUT2D eigenvalue weighted by Gasteiger charge is -2.28. The number of halogens is 1. The lowest BCUT2D eigenvalue weighted by molar-refractivity contribution is 0.00714. The summed E-state index contributed by atoms with van der Waals surface area (Å²) in [6, 6.07) is 4.02. The zero-order valence-electron chi connectivity index (χ0n) is 9.03. The summed E-state index contributed by atoms with van der Waals surface area (Å²) >= 11 is 0. The summed E-state index contributed by atoms with van der Waals surface area (Å²) in [5.41, 5.74) is 6.08. The van der Waals surface area contributed by atoms with E-state index >= 15 is 0 Å². The summed E-state index contributed by atoms with van der Waals surface area (Å²) in [7, 11) is 0. The van der Waals surface area contributed by atoms with Gasteiger partial charge in [-0.05, 0) is 31.4 Å². The molecule has 0 aromatic heterocycles. The number of hydrogen-bond donors (Lipinski definition) is 2. The number of ether oxygens (including phenoxy) is 1. The van der Waals surface area contributed by atoms with Gasteiger partial charge in [-0.25, -0.2) is 4.39 Å². The van der Waals surface area contributed by atoms with Gasteiger partial charge in [-0.3, -0.25) is 0 Å². The first-order chi connectivity index (χ1) is 7.66. The van der Waals surface area contributed by atoms with Gasteiger partial charge in [0.25, 0.3) is 0 Å². The van der Waals surface area contributed by atoms with E-state index in [1.54, 1.807) is 0 Å². The number of benzene rings is 1. The van der Waals surface area contributed by atoms with Crippen molar-refractivity contribution in [3.63, 3.8) is 0 Å². The Morgan fingerprint density at radius 3 is 2.81 bits per heavy atom. The van der Waals surface area contributed by atoms with Crippen molar-refractivity contribution < 1.29 is 14.2 Å². The molecule has 16 heavy (non-hydrogen) atoms. The van der Waals surface area contributed by atoms with Crippen molar-refractivity contribution in [1.82, 2.24) is 0 Å². The molecule has 4 heteroatoms. The molecule has 0 aliphatic heterocycles. The Hall–Kier alpha value is -1.29. The van der Waals surface area contributed by atoms with Crippen molar-refractivity contribution in [1.29, 1.82) is 0 Å². The highest BCUT2D eigenvalue weighted by Gasteiger charge is 2.25. The van der Waals surface area contributed by atoms with Gasteiger partial charge in [0, 0.05) is 6.07 Å². The van der Waals surface area contributed by atoms with Crippen molar-refractivity contribution in [3.05, 3.63) is 24.0 Å². The highest BCUT2D eigenvalue weighted by atomic mass is 19.1. The Morgan fingerprint density at radius 2 is 2.06 bits per heavy atom. The van der Waals surface area contributed by atoms with Crippen LogP contribution in [0.5, 0.6) is 5.75 Å². The molecule has 3 N–H and O–H groups in total. The zero-order chi connectivity index (χ0) is 11.5. The van der Waals surface area contributed by atoms with E-state index in [2.05, 4.69) is 0 Å². The molecule has 0 unspecified atom stereocenters. The van der Waals surface area contributed by atoms with Gasteiger partial charge in [0.05, 0.1) is 11.8 Å². The van der Waals surface area contributed by atoms with Crippen LogP contribution >= 0.6 is 0 Å². The lowest BCUT2D eigenvalue weighted by Crippen LogP contribution is -2.34. The van der Waals surface area contributed by atoms with E-state index in [-0.39, 0.29) is 11.9 Å². The van der Waals surface area contributed by atoms with Gasteiger partial charge in [-0.15, -0.1) is 0 Å². The van der Waals surface area contributed by atoms with Crippen molar-refractivity contribution >= 4 is 5.69 Å². The molecule has 2 atom stereocenters. The smallest absolute Gasteiger partial charge is 0.145 e. The Morgan fingerprint density at radius 1 is 1.31 bits per heavy atom. The third kappa shape index (κ3) is 2.44. The summed E-state index contributed by atoms with van der Waals surface area (Å²) in [6.45, 7) is 0. The molecule has 1 fully saturated rings. The number of rotatable bonds is 2. The number of hydrogen-bond acceptors (Lipinski definition) is 3. The third-order valence-corrected chi connectivity index (χ3v) is 2.92. The van der Waals surface area contributed by atoms with E-state index in [1.165, 1.54) is 18.2 Å². The predicted molar refractivity (Wildman–Crippen MR) is 59.7 cm³/mol. The molecule has 0 bridgehead atoms. The number of nitrogens with two attached hydrogens (primary N) is 1. The average Bonchev–Trinajstić information content (AvgIpc) is 2.27. The molecule has 88 valence electrons. The van der Waals surface area contributed by atoms with Crippen molar-refractivity contribution in [2.24, 2.45) is 0 Å². The SMILES string of the molecule is Nc1ccc(F)cc1O[C@@H]1CCCC[C@@H]1O. The molecule has 1 aliphatic carbocycles. The second kappa shape index (κ2) is 4.70. The Kier molecular flexibility index (Phi) is 3.29. The van der Waals surface area contributed by atoms with Crippen LogP contribution in [0.1, 0.15) is 25.7 Å². The normalized spacial score (nSPS) is 25.4. The van der Waals surface area contributed by atoms with Gasteiger partial charge in [0.1, 0.15) is 17.7 Å². The fourth-order valence-corrected chi connectivity index (χ4v) is 1.99. The number of aliphatic hydroxyl groups excluding tert-OH is 1. The Balaban J connectivity index is 2.10. The van der Waals surface area contributed by atoms with Crippen LogP contribution in [0, 0.1) is 5.82 Å². The standard InChI is InChI=1S/C12H16FNO2/c13-8-5-6-9(14)12(7-8)16-11-4-2-1-3-10(11)15/h5-7,10-11,15H,1-4,14H2/t10-,11+/m0/s1. The van der Waals surface area contributed by atoms with Gasteiger partial charge in [-0.1, -0.05) is 6.42 Å². The van der Waals surface area contributed by atoms with E-state index < -0.39 is 6.10 Å². The van der Waals surface area contributed by atoms with E-state index in [1.807, 2.05) is 0 Å². The van der Waals surface area contributed by atoms with E-state index in [0.717, 1.165) is 25.7 Å². The first kappa shape index (κ1) is 11.2. The Labute approximate surface area is 94.0 Å². The summed E-state index contributed by atoms with van der Waals surface area (Å²) in [5, 5.41) is 9.73. The monoisotopic (exact) mass is 225 g/mol. The topological polar surface area (TPSA) is 55.5 Å². The molecule has 1 aromatic carbocycles. The first-order valence-corrected chi connectivity index (χ1v) is 5.56. The fraction of sp³-hybridized carbons (Fsp3) is 0.500. The highest BCUT2D eigenvalue weighted by Crippen LogP contribution is 2.28. The maximum atomic E-state index is 13.0. The highest BCUT2D eigenvalue weighted by molar-refractivity contribution is 5.52. The molecular formula is C12H16FNO2. The first-order valence-electron chi connectivity index (χ1n) is 5.56. The quantitative estimate of drug-likeness (QED) is 0.758. The minimum absolute atomic E-state index is 0.266. The molecule has 1 aromatic rings. The van der Waals surface area contributed by atoms with E-state index in [4.69, 9.17) is 10.5 Å². The van der Waals surface area contributed by atoms with Crippen LogP contribution in [0.25, 0.3) is 0 Å². The number of aliphatic hydroxyl groups is 1. The largest absolute Gasteiger partial charge is 0.485 e. The summed E-state index contributed by atoms with van der Waals surface area (Å²) in [4.78, 5) is 0. The molecule has 0 heterocycles. The zero-order valence-corrected chi connectivity index (χ0v) is 9.03. The average molecular weight is 225 g/mol. The molecule has 3 nitrogen and oxygen atoms in total. The van der Waals surface area contributed by atoms with Crippen LogP contribution < -0.4 is 10.5 Å². The van der Waals surface area contributed by atoms with Crippen LogP contribution in [-0.2, 0) is 0 Å². The van der Waals surface area contributed by atoms with Crippen LogP contribution in [0.4, 0.5) is 10.1 Å². The molecule has 1 saturated carbocycles. The maximum Gasteiger partial charge on any atom is 0.145 e. The molecule has 0 radical (unpaired) electrons. The number of nitrogen functional groups attached to an aromatic ring is 1. The van der Waals surface area contributed by atoms with Gasteiger partial charge in [0.2, 0.25) is 0 Å². The van der Waals surface area contributed by atoms with Crippen molar-refractivity contribution in [2.75, 3.05) is 5.73 Å². The molecular weight excluding hydrogens is 209 g/mol.